The van der Waals surface area contributed by atoms with Crippen molar-refractivity contribution in [1.29, 1.82) is 5.26 Å². The van der Waals surface area contributed by atoms with Crippen LogP contribution >= 0.6 is 0 Å². The van der Waals surface area contributed by atoms with Gasteiger partial charge in [-0.3, -0.25) is 10.1 Å². The standard InChI is InChI=1S/C8H4F3N3O2/c9-7(10)5-3-4(1-2-12)6(14(15)16)8(11)13-5/h3,7H,1H2. The molecule has 0 unspecified atom stereocenters. The molecule has 0 aliphatic heterocycles. The molecule has 0 saturated heterocycles. The number of nitrogens with zero attached hydrogens (tertiary/aromatic N) is 3. The molecule has 0 bridgehead atoms. The third-order valence-electron chi connectivity index (χ3n) is 1.72. The minimum absolute atomic E-state index is 0.407. The zero-order valence-electron chi connectivity index (χ0n) is 7.65. The van der Waals surface area contributed by atoms with Crippen molar-refractivity contribution in [2.24, 2.45) is 0 Å². The zero-order chi connectivity index (χ0) is 12.3. The molecular formula is C8H4F3N3O2. The Kier molecular flexibility index (Phi) is 3.40. The fourth-order valence-electron chi connectivity index (χ4n) is 1.10. The summed E-state index contributed by atoms with van der Waals surface area (Å²) in [6.07, 6.45) is -3.58. The normalized spacial score (nSPS) is 10.2. The first-order valence-corrected chi connectivity index (χ1v) is 3.96. The Morgan fingerprint density at radius 3 is 2.69 bits per heavy atom. The van der Waals surface area contributed by atoms with E-state index >= 15 is 0 Å². The number of halogens is 3. The summed E-state index contributed by atoms with van der Waals surface area (Å²) in [5.74, 6) is -1.60. The van der Waals surface area contributed by atoms with Gasteiger partial charge in [0, 0.05) is 0 Å². The quantitative estimate of drug-likeness (QED) is 0.453. The van der Waals surface area contributed by atoms with E-state index in [-0.39, 0.29) is 0 Å². The first-order chi connectivity index (χ1) is 7.47. The number of nitro groups is 1. The molecule has 0 N–H and O–H groups in total. The van der Waals surface area contributed by atoms with Crippen LogP contribution in [0.5, 0.6) is 0 Å². The summed E-state index contributed by atoms with van der Waals surface area (Å²) in [4.78, 5) is 12.1. The first kappa shape index (κ1) is 11.9. The molecule has 1 heterocycles. The lowest BCUT2D eigenvalue weighted by Gasteiger charge is -2.03. The van der Waals surface area contributed by atoms with Crippen molar-refractivity contribution in [3.05, 3.63) is 33.4 Å². The molecule has 0 saturated carbocycles. The number of rotatable bonds is 3. The highest BCUT2D eigenvalue weighted by molar-refractivity contribution is 5.42. The summed E-state index contributed by atoms with van der Waals surface area (Å²) in [5.41, 5.74) is -2.37. The summed E-state index contributed by atoms with van der Waals surface area (Å²) in [7, 11) is 0. The van der Waals surface area contributed by atoms with Crippen LogP contribution in [0.15, 0.2) is 6.07 Å². The highest BCUT2D eigenvalue weighted by atomic mass is 19.3. The van der Waals surface area contributed by atoms with Gasteiger partial charge in [-0.1, -0.05) is 0 Å². The van der Waals surface area contributed by atoms with Gasteiger partial charge in [0.05, 0.1) is 23.0 Å². The average Bonchev–Trinajstić information content (AvgIpc) is 2.16. The maximum atomic E-state index is 13.0. The van der Waals surface area contributed by atoms with Crippen LogP contribution in [0.25, 0.3) is 0 Å². The minimum Gasteiger partial charge on any atom is -0.258 e. The van der Waals surface area contributed by atoms with E-state index in [0.717, 1.165) is 0 Å². The van der Waals surface area contributed by atoms with Crippen LogP contribution in [-0.4, -0.2) is 9.91 Å². The van der Waals surface area contributed by atoms with Crippen molar-refractivity contribution in [2.75, 3.05) is 0 Å². The van der Waals surface area contributed by atoms with E-state index < -0.39 is 40.7 Å². The van der Waals surface area contributed by atoms with E-state index in [2.05, 4.69) is 4.98 Å². The molecule has 0 fully saturated rings. The number of hydrogen-bond donors (Lipinski definition) is 0. The lowest BCUT2D eigenvalue weighted by atomic mass is 10.1. The largest absolute Gasteiger partial charge is 0.328 e. The van der Waals surface area contributed by atoms with Crippen molar-refractivity contribution in [2.45, 2.75) is 12.8 Å². The number of hydrogen-bond acceptors (Lipinski definition) is 4. The molecule has 1 aromatic heterocycles. The van der Waals surface area contributed by atoms with Gasteiger partial charge in [0.15, 0.2) is 0 Å². The lowest BCUT2D eigenvalue weighted by molar-refractivity contribution is -0.388. The molecule has 0 amide bonds. The molecule has 0 atom stereocenters. The summed E-state index contributed by atoms with van der Waals surface area (Å²) >= 11 is 0. The SMILES string of the molecule is N#CCc1cc(C(F)F)nc(F)c1[N+](=O)[O-]. The van der Waals surface area contributed by atoms with E-state index in [0.29, 0.717) is 6.07 Å². The number of aromatic nitrogens is 1. The summed E-state index contributed by atoms with van der Waals surface area (Å²) < 4.78 is 37.5. The predicted octanol–water partition coefficient (Wildman–Crippen LogP) is 2.13. The van der Waals surface area contributed by atoms with Gasteiger partial charge in [0.2, 0.25) is 0 Å². The number of alkyl halides is 2. The van der Waals surface area contributed by atoms with Gasteiger partial charge >= 0.3 is 5.69 Å². The molecule has 0 spiro atoms. The van der Waals surface area contributed by atoms with Crippen molar-refractivity contribution < 1.29 is 18.1 Å². The number of pyridine rings is 1. The van der Waals surface area contributed by atoms with Gasteiger partial charge in [-0.2, -0.15) is 9.65 Å². The van der Waals surface area contributed by atoms with Crippen molar-refractivity contribution in [3.63, 3.8) is 0 Å². The maximum Gasteiger partial charge on any atom is 0.328 e. The van der Waals surface area contributed by atoms with Crippen LogP contribution in [0.1, 0.15) is 17.7 Å². The molecule has 5 nitrogen and oxygen atoms in total. The zero-order valence-corrected chi connectivity index (χ0v) is 7.65. The molecule has 0 aliphatic rings. The molecule has 84 valence electrons. The molecule has 0 aliphatic carbocycles. The second kappa shape index (κ2) is 4.57. The van der Waals surface area contributed by atoms with Crippen LogP contribution in [0, 0.1) is 27.4 Å². The van der Waals surface area contributed by atoms with Gasteiger partial charge in [0.25, 0.3) is 12.4 Å². The fraction of sp³-hybridized carbons (Fsp3) is 0.250. The molecule has 0 radical (unpaired) electrons. The van der Waals surface area contributed by atoms with Crippen LogP contribution in [-0.2, 0) is 6.42 Å². The smallest absolute Gasteiger partial charge is 0.258 e. The molecule has 0 aromatic carbocycles. The highest BCUT2D eigenvalue weighted by Gasteiger charge is 2.25. The van der Waals surface area contributed by atoms with Gasteiger partial charge in [-0.25, -0.2) is 13.8 Å². The second-order valence-electron chi connectivity index (χ2n) is 2.74. The Labute approximate surface area is 87.3 Å². The third-order valence-corrected chi connectivity index (χ3v) is 1.72. The molecule has 16 heavy (non-hydrogen) atoms. The van der Waals surface area contributed by atoms with Gasteiger partial charge in [0.1, 0.15) is 5.69 Å². The van der Waals surface area contributed by atoms with E-state index in [1.165, 1.54) is 6.07 Å². The number of nitriles is 1. The summed E-state index contributed by atoms with van der Waals surface area (Å²) in [6.45, 7) is 0. The van der Waals surface area contributed by atoms with Gasteiger partial charge in [-0.05, 0) is 6.07 Å². The van der Waals surface area contributed by atoms with E-state index in [9.17, 15) is 23.3 Å². The Bertz CT molecular complexity index is 470. The molecule has 8 heteroatoms. The fourth-order valence-corrected chi connectivity index (χ4v) is 1.10. The molecule has 1 rings (SSSR count). The minimum atomic E-state index is -3.05. The Morgan fingerprint density at radius 1 is 1.62 bits per heavy atom. The second-order valence-corrected chi connectivity index (χ2v) is 2.74. The molecule has 1 aromatic rings. The third kappa shape index (κ3) is 2.25. The van der Waals surface area contributed by atoms with Crippen molar-refractivity contribution in [1.82, 2.24) is 4.98 Å². The van der Waals surface area contributed by atoms with E-state index in [1.54, 1.807) is 0 Å². The van der Waals surface area contributed by atoms with E-state index in [4.69, 9.17) is 5.26 Å². The topological polar surface area (TPSA) is 79.8 Å². The van der Waals surface area contributed by atoms with Gasteiger partial charge < -0.3 is 0 Å². The van der Waals surface area contributed by atoms with Crippen molar-refractivity contribution in [3.8, 4) is 6.07 Å². The van der Waals surface area contributed by atoms with Crippen molar-refractivity contribution >= 4 is 5.69 Å². The average molecular weight is 231 g/mol. The van der Waals surface area contributed by atoms with Crippen LogP contribution in [0.3, 0.4) is 0 Å². The maximum absolute atomic E-state index is 13.0. The van der Waals surface area contributed by atoms with Crippen LogP contribution in [0.4, 0.5) is 18.9 Å². The van der Waals surface area contributed by atoms with Gasteiger partial charge in [-0.15, -0.1) is 0 Å². The lowest BCUT2D eigenvalue weighted by Crippen LogP contribution is -2.04. The summed E-state index contributed by atoms with van der Waals surface area (Å²) in [6, 6.07) is 2.19. The van der Waals surface area contributed by atoms with Crippen LogP contribution in [0.2, 0.25) is 0 Å². The Morgan fingerprint density at radius 2 is 2.25 bits per heavy atom. The highest BCUT2D eigenvalue weighted by Crippen LogP contribution is 2.26. The monoisotopic (exact) mass is 231 g/mol. The predicted molar refractivity (Wildman–Crippen MR) is 45.1 cm³/mol. The van der Waals surface area contributed by atoms with Crippen LogP contribution < -0.4 is 0 Å². The van der Waals surface area contributed by atoms with E-state index in [1.807, 2.05) is 0 Å². The first-order valence-electron chi connectivity index (χ1n) is 3.96. The summed E-state index contributed by atoms with van der Waals surface area (Å²) in [5, 5.41) is 18.8. The Hall–Kier alpha value is -2.17. The molecular weight excluding hydrogens is 227 g/mol. The Balaban J connectivity index is 3.40.